The van der Waals surface area contributed by atoms with E-state index in [4.69, 9.17) is 9.47 Å². The van der Waals surface area contributed by atoms with Gasteiger partial charge in [-0.3, -0.25) is 9.59 Å². The van der Waals surface area contributed by atoms with Crippen molar-refractivity contribution < 1.29 is 19.1 Å². The molecule has 1 heterocycles. The smallest absolute Gasteiger partial charge is 0.262 e. The van der Waals surface area contributed by atoms with Crippen LogP contribution < -0.4 is 14.8 Å². The maximum Gasteiger partial charge on any atom is 0.262 e. The molecule has 2 aromatic rings. The van der Waals surface area contributed by atoms with Crippen molar-refractivity contribution in [2.45, 2.75) is 24.8 Å². The molecule has 1 aliphatic rings. The SMILES string of the molecule is CCC(Br)C(=O)c1ccc(OCc2ccccc2)c2c1OCC(=O)N2. The summed E-state index contributed by atoms with van der Waals surface area (Å²) in [6.45, 7) is 2.16. The maximum atomic E-state index is 12.5. The van der Waals surface area contributed by atoms with Crippen molar-refractivity contribution in [3.63, 3.8) is 0 Å². The summed E-state index contributed by atoms with van der Waals surface area (Å²) in [5.74, 6) is 0.496. The molecule has 1 aliphatic heterocycles. The van der Waals surface area contributed by atoms with E-state index >= 15 is 0 Å². The third-order valence-corrected chi connectivity index (χ3v) is 4.94. The number of hydrogen-bond acceptors (Lipinski definition) is 4. The lowest BCUT2D eigenvalue weighted by atomic mass is 10.0. The zero-order valence-electron chi connectivity index (χ0n) is 13.8. The van der Waals surface area contributed by atoms with Crippen LogP contribution >= 0.6 is 15.9 Å². The third-order valence-electron chi connectivity index (χ3n) is 3.88. The Balaban J connectivity index is 1.92. The topological polar surface area (TPSA) is 64.6 Å². The van der Waals surface area contributed by atoms with Gasteiger partial charge in [0.15, 0.2) is 18.1 Å². The molecule has 25 heavy (non-hydrogen) atoms. The van der Waals surface area contributed by atoms with Crippen LogP contribution in [0.3, 0.4) is 0 Å². The highest BCUT2D eigenvalue weighted by molar-refractivity contribution is 9.10. The highest BCUT2D eigenvalue weighted by Crippen LogP contribution is 2.41. The number of hydrogen-bond donors (Lipinski definition) is 1. The normalized spacial score (nSPS) is 14.1. The monoisotopic (exact) mass is 403 g/mol. The Kier molecular flexibility index (Phi) is 5.38. The van der Waals surface area contributed by atoms with Crippen LogP contribution in [0, 0.1) is 0 Å². The first-order chi connectivity index (χ1) is 12.1. The third kappa shape index (κ3) is 3.85. The number of rotatable bonds is 6. The van der Waals surface area contributed by atoms with Crippen LogP contribution in [0.15, 0.2) is 42.5 Å². The van der Waals surface area contributed by atoms with Crippen molar-refractivity contribution in [3.8, 4) is 11.5 Å². The molecule has 0 spiro atoms. The van der Waals surface area contributed by atoms with E-state index in [0.717, 1.165) is 5.56 Å². The van der Waals surface area contributed by atoms with Gasteiger partial charge < -0.3 is 14.8 Å². The number of nitrogens with one attached hydrogen (secondary N) is 1. The first kappa shape index (κ1) is 17.5. The van der Waals surface area contributed by atoms with Gasteiger partial charge in [-0.25, -0.2) is 0 Å². The minimum absolute atomic E-state index is 0.0792. The van der Waals surface area contributed by atoms with E-state index in [1.165, 1.54) is 0 Å². The van der Waals surface area contributed by atoms with Crippen LogP contribution in [-0.4, -0.2) is 23.1 Å². The molecule has 3 rings (SSSR count). The number of carbonyl (C=O) groups excluding carboxylic acids is 2. The highest BCUT2D eigenvalue weighted by Gasteiger charge is 2.28. The number of ether oxygens (including phenoxy) is 2. The molecule has 0 saturated heterocycles. The standard InChI is InChI=1S/C19H18BrNO4/c1-2-14(20)18(23)13-8-9-15(17-19(13)25-11-16(22)21-17)24-10-12-6-4-3-5-7-12/h3-9,14H,2,10-11H2,1H3,(H,21,22). The second-order valence-corrected chi connectivity index (χ2v) is 6.77. The van der Waals surface area contributed by atoms with Gasteiger partial charge in [0, 0.05) is 0 Å². The van der Waals surface area contributed by atoms with Crippen molar-refractivity contribution in [1.29, 1.82) is 0 Å². The van der Waals surface area contributed by atoms with Crippen molar-refractivity contribution in [2.75, 3.05) is 11.9 Å². The fourth-order valence-corrected chi connectivity index (χ4v) is 2.80. The van der Waals surface area contributed by atoms with Gasteiger partial charge in [-0.1, -0.05) is 53.2 Å². The van der Waals surface area contributed by atoms with Crippen LogP contribution in [0.25, 0.3) is 0 Å². The summed E-state index contributed by atoms with van der Waals surface area (Å²) in [4.78, 5) is 24.0. The van der Waals surface area contributed by atoms with Gasteiger partial charge in [0.05, 0.1) is 10.4 Å². The lowest BCUT2D eigenvalue weighted by Crippen LogP contribution is -2.28. The molecule has 1 atom stereocenters. The van der Waals surface area contributed by atoms with E-state index in [1.807, 2.05) is 37.3 Å². The lowest BCUT2D eigenvalue weighted by molar-refractivity contribution is -0.118. The van der Waals surface area contributed by atoms with Gasteiger partial charge >= 0.3 is 0 Å². The van der Waals surface area contributed by atoms with E-state index in [2.05, 4.69) is 21.2 Å². The van der Waals surface area contributed by atoms with Crippen molar-refractivity contribution in [1.82, 2.24) is 0 Å². The van der Waals surface area contributed by atoms with Gasteiger partial charge in [-0.15, -0.1) is 0 Å². The predicted octanol–water partition coefficient (Wildman–Crippen LogP) is 3.95. The van der Waals surface area contributed by atoms with Gasteiger partial charge in [0.2, 0.25) is 0 Å². The average Bonchev–Trinajstić information content (AvgIpc) is 2.65. The van der Waals surface area contributed by atoms with E-state index in [1.54, 1.807) is 12.1 Å². The Labute approximate surface area is 154 Å². The minimum Gasteiger partial charge on any atom is -0.487 e. The van der Waals surface area contributed by atoms with E-state index in [9.17, 15) is 9.59 Å². The van der Waals surface area contributed by atoms with Crippen molar-refractivity contribution in [2.24, 2.45) is 0 Å². The lowest BCUT2D eigenvalue weighted by Gasteiger charge is -2.23. The summed E-state index contributed by atoms with van der Waals surface area (Å²) in [6, 6.07) is 13.1. The molecule has 0 fully saturated rings. The fourth-order valence-electron chi connectivity index (χ4n) is 2.55. The Morgan fingerprint density at radius 1 is 1.28 bits per heavy atom. The molecular formula is C19H18BrNO4. The van der Waals surface area contributed by atoms with Crippen LogP contribution in [0.4, 0.5) is 5.69 Å². The van der Waals surface area contributed by atoms with Crippen LogP contribution in [0.2, 0.25) is 0 Å². The van der Waals surface area contributed by atoms with Gasteiger partial charge in [0.1, 0.15) is 18.0 Å². The number of Topliss-reactive ketones (excluding diaryl/α,β-unsaturated/α-hetero) is 1. The number of amides is 1. The van der Waals surface area contributed by atoms with Gasteiger partial charge in [-0.05, 0) is 24.1 Å². The molecule has 1 N–H and O–H groups in total. The summed E-state index contributed by atoms with van der Waals surface area (Å²) in [7, 11) is 0. The van der Waals surface area contributed by atoms with Crippen LogP contribution in [-0.2, 0) is 11.4 Å². The number of fused-ring (bicyclic) bond motifs is 1. The minimum atomic E-state index is -0.297. The summed E-state index contributed by atoms with van der Waals surface area (Å²) in [6.07, 6.45) is 0.659. The first-order valence-electron chi connectivity index (χ1n) is 8.04. The molecule has 0 aromatic heterocycles. The molecule has 1 amide bonds. The van der Waals surface area contributed by atoms with Crippen LogP contribution in [0.5, 0.6) is 11.5 Å². The quantitative estimate of drug-likeness (QED) is 0.585. The summed E-state index contributed by atoms with van der Waals surface area (Å²) in [5, 5.41) is 2.76. The second kappa shape index (κ2) is 7.70. The van der Waals surface area contributed by atoms with Gasteiger partial charge in [0.25, 0.3) is 5.91 Å². The van der Waals surface area contributed by atoms with Crippen molar-refractivity contribution in [3.05, 3.63) is 53.6 Å². The molecule has 0 aliphatic carbocycles. The summed E-state index contributed by atoms with van der Waals surface area (Å²) < 4.78 is 11.4. The molecule has 130 valence electrons. The number of anilines is 1. The number of carbonyl (C=O) groups is 2. The average molecular weight is 404 g/mol. The Morgan fingerprint density at radius 2 is 2.04 bits per heavy atom. The second-order valence-electron chi connectivity index (χ2n) is 5.67. The van der Waals surface area contributed by atoms with Crippen molar-refractivity contribution >= 4 is 33.3 Å². The number of alkyl halides is 1. The Hall–Kier alpha value is -2.34. The van der Waals surface area contributed by atoms with Gasteiger partial charge in [-0.2, -0.15) is 0 Å². The molecule has 2 aromatic carbocycles. The molecule has 6 heteroatoms. The molecule has 0 radical (unpaired) electrons. The highest BCUT2D eigenvalue weighted by atomic mass is 79.9. The predicted molar refractivity (Wildman–Crippen MR) is 98.7 cm³/mol. The van der Waals surface area contributed by atoms with E-state index in [-0.39, 0.29) is 23.1 Å². The fraction of sp³-hybridized carbons (Fsp3) is 0.263. The largest absolute Gasteiger partial charge is 0.487 e. The van der Waals surface area contributed by atoms with Crippen LogP contribution in [0.1, 0.15) is 29.3 Å². The summed E-state index contributed by atoms with van der Waals surface area (Å²) >= 11 is 3.37. The van der Waals surface area contributed by atoms with E-state index < -0.39 is 0 Å². The first-order valence-corrected chi connectivity index (χ1v) is 8.96. The molecule has 0 saturated carbocycles. The molecule has 1 unspecified atom stereocenters. The molecule has 0 bridgehead atoms. The Bertz CT molecular complexity index is 792. The zero-order chi connectivity index (χ0) is 17.8. The van der Waals surface area contributed by atoms with E-state index in [0.29, 0.717) is 35.8 Å². The molecule has 5 nitrogen and oxygen atoms in total. The Morgan fingerprint density at radius 3 is 2.76 bits per heavy atom. The molecular weight excluding hydrogens is 386 g/mol. The number of halogens is 1. The zero-order valence-corrected chi connectivity index (χ0v) is 15.3. The number of benzene rings is 2. The maximum absolute atomic E-state index is 12.5. The number of ketones is 1. The summed E-state index contributed by atoms with van der Waals surface area (Å²) in [5.41, 5.74) is 1.85.